The van der Waals surface area contributed by atoms with E-state index in [0.717, 1.165) is 5.70 Å². The van der Waals surface area contributed by atoms with Crippen LogP contribution in [0.5, 0.6) is 0 Å². The first-order valence-corrected chi connectivity index (χ1v) is 5.31. The molecule has 0 saturated carbocycles. The topological polar surface area (TPSA) is 29.1 Å². The summed E-state index contributed by atoms with van der Waals surface area (Å²) in [5, 5.41) is 2.79. The lowest BCUT2D eigenvalue weighted by molar-refractivity contribution is -0.127. The van der Waals surface area contributed by atoms with E-state index in [-0.39, 0.29) is 11.3 Å². The molecule has 0 aromatic carbocycles. The predicted octanol–water partition coefficient (Wildman–Crippen LogP) is 3.65. The lowest BCUT2D eigenvalue weighted by Gasteiger charge is -2.17. The van der Waals surface area contributed by atoms with Crippen LogP contribution < -0.4 is 5.32 Å². The molecule has 0 heterocycles. The molecule has 88 valence electrons. The van der Waals surface area contributed by atoms with Crippen molar-refractivity contribution >= 4 is 5.91 Å². The highest BCUT2D eigenvalue weighted by Gasteiger charge is 2.20. The molecule has 1 N–H and O–H groups in total. The number of hydrogen-bond acceptors (Lipinski definition) is 1. The van der Waals surface area contributed by atoms with Gasteiger partial charge in [0.25, 0.3) is 0 Å². The molecule has 0 unspecified atom stereocenters. The molecular formula is C13H25NO. The van der Waals surface area contributed by atoms with Crippen molar-refractivity contribution in [1.82, 2.24) is 5.32 Å². The average molecular weight is 211 g/mol. The molecule has 0 aliphatic carbocycles. The molecule has 2 nitrogen and oxygen atoms in total. The zero-order valence-corrected chi connectivity index (χ0v) is 11.1. The van der Waals surface area contributed by atoms with Crippen LogP contribution in [0.4, 0.5) is 0 Å². The van der Waals surface area contributed by atoms with Crippen LogP contribution in [0.25, 0.3) is 0 Å². The zero-order chi connectivity index (χ0) is 12.5. The fraction of sp³-hybridized carbons (Fsp3) is 0.615. The normalized spacial score (nSPS) is 12.1. The molecule has 2 heteroatoms. The van der Waals surface area contributed by atoms with Gasteiger partial charge in [-0.05, 0) is 27.7 Å². The van der Waals surface area contributed by atoms with Gasteiger partial charge in [-0.15, -0.1) is 0 Å². The van der Waals surface area contributed by atoms with E-state index in [2.05, 4.69) is 5.32 Å². The molecule has 0 aliphatic rings. The predicted molar refractivity (Wildman–Crippen MR) is 67.5 cm³/mol. The van der Waals surface area contributed by atoms with Gasteiger partial charge in [-0.2, -0.15) is 0 Å². The number of carbonyl (C=O) groups is 1. The van der Waals surface area contributed by atoms with Crippen LogP contribution in [0, 0.1) is 5.41 Å². The molecule has 0 aromatic rings. The maximum Gasteiger partial charge on any atom is 0.229 e. The third-order valence-electron chi connectivity index (χ3n) is 1.76. The number of nitrogens with one attached hydrogen (secondary N) is 1. The van der Waals surface area contributed by atoms with Gasteiger partial charge < -0.3 is 5.32 Å². The Hall–Kier alpha value is -1.05. The first-order valence-electron chi connectivity index (χ1n) is 5.31. The minimum absolute atomic E-state index is 0.0631. The fourth-order valence-corrected chi connectivity index (χ4v) is 0.439. The van der Waals surface area contributed by atoms with Crippen molar-refractivity contribution in [3.8, 4) is 0 Å². The van der Waals surface area contributed by atoms with Crippen molar-refractivity contribution in [2.45, 2.75) is 48.5 Å². The Morgan fingerprint density at radius 2 is 1.47 bits per heavy atom. The molecule has 0 bridgehead atoms. The van der Waals surface area contributed by atoms with Crippen molar-refractivity contribution in [2.24, 2.45) is 5.41 Å². The summed E-state index contributed by atoms with van der Waals surface area (Å²) in [5.74, 6) is 0.0631. The van der Waals surface area contributed by atoms with E-state index in [1.807, 2.05) is 66.7 Å². The van der Waals surface area contributed by atoms with Crippen LogP contribution in [0.2, 0.25) is 0 Å². The van der Waals surface area contributed by atoms with Gasteiger partial charge in [-0.1, -0.05) is 39.0 Å². The fourth-order valence-electron chi connectivity index (χ4n) is 0.439. The molecule has 0 atom stereocenters. The monoisotopic (exact) mass is 211 g/mol. The van der Waals surface area contributed by atoms with E-state index in [0.29, 0.717) is 0 Å². The van der Waals surface area contributed by atoms with Gasteiger partial charge in [0.1, 0.15) is 0 Å². The Balaban J connectivity index is 0. The molecule has 0 aromatic heterocycles. The highest BCUT2D eigenvalue weighted by molar-refractivity contribution is 5.82. The molecule has 0 spiro atoms. The lowest BCUT2D eigenvalue weighted by atomic mass is 9.95. The van der Waals surface area contributed by atoms with Crippen LogP contribution in [0.3, 0.4) is 0 Å². The number of carbonyl (C=O) groups excluding carboxylic acids is 1. The number of rotatable bonds is 1. The average Bonchev–Trinajstić information content (AvgIpc) is 2.16. The minimum atomic E-state index is -0.301. The summed E-state index contributed by atoms with van der Waals surface area (Å²) < 4.78 is 0. The van der Waals surface area contributed by atoms with Crippen molar-refractivity contribution < 1.29 is 4.79 Å². The standard InChI is InChI=1S/C9H17NO.C4H8/c1-6-7(2)10-8(11)9(3,4)5;1-3-4-2/h6H,1-5H3,(H,10,11);3-4H,1-2H3/b7-6+;4-3-. The third kappa shape index (κ3) is 10.9. The van der Waals surface area contributed by atoms with Crippen LogP contribution in [0.15, 0.2) is 23.9 Å². The van der Waals surface area contributed by atoms with Crippen molar-refractivity contribution in [2.75, 3.05) is 0 Å². The maximum absolute atomic E-state index is 11.3. The number of hydrogen-bond donors (Lipinski definition) is 1. The highest BCUT2D eigenvalue weighted by atomic mass is 16.2. The van der Waals surface area contributed by atoms with Gasteiger partial charge in [0.2, 0.25) is 5.91 Å². The van der Waals surface area contributed by atoms with Gasteiger partial charge >= 0.3 is 0 Å². The second-order valence-corrected chi connectivity index (χ2v) is 4.34. The minimum Gasteiger partial charge on any atom is -0.330 e. The van der Waals surface area contributed by atoms with Gasteiger partial charge in [0.15, 0.2) is 0 Å². The Morgan fingerprint density at radius 3 is 1.67 bits per heavy atom. The number of allylic oxidation sites excluding steroid dienone is 4. The quantitative estimate of drug-likeness (QED) is 0.659. The smallest absolute Gasteiger partial charge is 0.229 e. The summed E-state index contributed by atoms with van der Waals surface area (Å²) in [6, 6.07) is 0. The summed E-state index contributed by atoms with van der Waals surface area (Å²) in [6.07, 6.45) is 5.88. The van der Waals surface area contributed by atoms with Gasteiger partial charge in [-0.3, -0.25) is 4.79 Å². The Kier molecular flexibility index (Phi) is 9.04. The van der Waals surface area contributed by atoms with Crippen LogP contribution in [-0.2, 0) is 4.79 Å². The van der Waals surface area contributed by atoms with E-state index in [9.17, 15) is 4.79 Å². The highest BCUT2D eigenvalue weighted by Crippen LogP contribution is 2.12. The largest absolute Gasteiger partial charge is 0.330 e. The number of amides is 1. The second kappa shape index (κ2) is 8.27. The Labute approximate surface area is 94.5 Å². The lowest BCUT2D eigenvalue weighted by Crippen LogP contribution is -2.33. The van der Waals surface area contributed by atoms with Gasteiger partial charge in [0, 0.05) is 11.1 Å². The molecule has 15 heavy (non-hydrogen) atoms. The van der Waals surface area contributed by atoms with E-state index in [1.165, 1.54) is 0 Å². The Morgan fingerprint density at radius 1 is 1.07 bits per heavy atom. The van der Waals surface area contributed by atoms with E-state index >= 15 is 0 Å². The van der Waals surface area contributed by atoms with E-state index < -0.39 is 0 Å². The SMILES string of the molecule is C/C=C(\C)NC(=O)C(C)(C)C.C/C=C\C. The van der Waals surface area contributed by atoms with Crippen molar-refractivity contribution in [3.05, 3.63) is 23.9 Å². The molecule has 0 fully saturated rings. The summed E-state index contributed by atoms with van der Waals surface area (Å²) >= 11 is 0. The Bertz CT molecular complexity index is 227. The molecule has 0 aliphatic heterocycles. The zero-order valence-electron chi connectivity index (χ0n) is 11.1. The molecule has 0 rings (SSSR count). The second-order valence-electron chi connectivity index (χ2n) is 4.34. The van der Waals surface area contributed by atoms with E-state index in [1.54, 1.807) is 0 Å². The van der Waals surface area contributed by atoms with Crippen LogP contribution >= 0.6 is 0 Å². The molecule has 1 amide bonds. The maximum atomic E-state index is 11.3. The summed E-state index contributed by atoms with van der Waals surface area (Å²) in [6.45, 7) is 13.5. The first-order chi connectivity index (χ1) is 6.79. The summed E-state index contributed by atoms with van der Waals surface area (Å²) in [4.78, 5) is 11.3. The van der Waals surface area contributed by atoms with E-state index in [4.69, 9.17) is 0 Å². The molecular weight excluding hydrogens is 186 g/mol. The van der Waals surface area contributed by atoms with Gasteiger partial charge in [0.05, 0.1) is 0 Å². The molecule has 0 radical (unpaired) electrons. The molecule has 0 saturated heterocycles. The first kappa shape index (κ1) is 16.4. The van der Waals surface area contributed by atoms with Crippen molar-refractivity contribution in [3.63, 3.8) is 0 Å². The summed E-state index contributed by atoms with van der Waals surface area (Å²) in [5.41, 5.74) is 0.606. The van der Waals surface area contributed by atoms with Crippen LogP contribution in [0.1, 0.15) is 48.5 Å². The van der Waals surface area contributed by atoms with Crippen LogP contribution in [-0.4, -0.2) is 5.91 Å². The third-order valence-corrected chi connectivity index (χ3v) is 1.76. The van der Waals surface area contributed by atoms with Gasteiger partial charge in [-0.25, -0.2) is 0 Å². The summed E-state index contributed by atoms with van der Waals surface area (Å²) in [7, 11) is 0. The van der Waals surface area contributed by atoms with Crippen molar-refractivity contribution in [1.29, 1.82) is 0 Å².